The monoisotopic (exact) mass is 519 g/mol. The number of phenolic OH excluding ortho intramolecular Hbond substituents is 1. The Morgan fingerprint density at radius 3 is 2.29 bits per heavy atom. The Morgan fingerprint density at radius 1 is 0.974 bits per heavy atom. The van der Waals surface area contributed by atoms with E-state index in [4.69, 9.17) is 0 Å². The average Bonchev–Trinajstić information content (AvgIpc) is 3.19. The van der Waals surface area contributed by atoms with Gasteiger partial charge >= 0.3 is 0 Å². The number of hydrogen-bond acceptors (Lipinski definition) is 4. The van der Waals surface area contributed by atoms with Crippen molar-refractivity contribution in [2.75, 3.05) is 13.6 Å². The van der Waals surface area contributed by atoms with Crippen LogP contribution in [0.15, 0.2) is 48.5 Å². The number of aromatic nitrogens is 1. The Labute approximate surface area is 225 Å². The number of phenols is 1. The molecular formula is C31H41N3O4. The van der Waals surface area contributed by atoms with Gasteiger partial charge in [-0.1, -0.05) is 64.2 Å². The Morgan fingerprint density at radius 2 is 1.66 bits per heavy atom. The molecule has 0 aliphatic heterocycles. The molecule has 0 aliphatic carbocycles. The van der Waals surface area contributed by atoms with Crippen LogP contribution < -0.4 is 5.32 Å². The molecule has 1 unspecified atom stereocenters. The molecule has 3 rings (SSSR count). The highest BCUT2D eigenvalue weighted by Crippen LogP contribution is 2.40. The molecule has 0 aliphatic rings. The van der Waals surface area contributed by atoms with Crippen LogP contribution in [0.1, 0.15) is 87.3 Å². The number of nitrogens with zero attached hydrogens (tertiary/aromatic N) is 2. The van der Waals surface area contributed by atoms with Gasteiger partial charge < -0.3 is 15.3 Å². The molecule has 1 atom stereocenters. The summed E-state index contributed by atoms with van der Waals surface area (Å²) < 4.78 is 1.60. The normalized spacial score (nSPS) is 12.8. The van der Waals surface area contributed by atoms with Crippen molar-refractivity contribution in [3.63, 3.8) is 0 Å². The molecule has 1 heterocycles. The molecule has 2 aromatic carbocycles. The number of benzene rings is 2. The van der Waals surface area contributed by atoms with Crippen LogP contribution in [0, 0.1) is 6.92 Å². The van der Waals surface area contributed by atoms with E-state index in [1.165, 1.54) is 13.0 Å². The predicted octanol–water partition coefficient (Wildman–Crippen LogP) is 5.90. The summed E-state index contributed by atoms with van der Waals surface area (Å²) in [5.41, 5.74) is 0.831. The van der Waals surface area contributed by atoms with E-state index >= 15 is 0 Å². The van der Waals surface area contributed by atoms with Crippen LogP contribution in [-0.2, 0) is 15.1 Å². The number of fused-ring (bicyclic) bond motifs is 1. The Kier molecular flexibility index (Phi) is 9.72. The third-order valence-corrected chi connectivity index (χ3v) is 7.19. The highest BCUT2D eigenvalue weighted by Gasteiger charge is 2.46. The van der Waals surface area contributed by atoms with Gasteiger partial charge in [0.25, 0.3) is 11.8 Å². The second kappa shape index (κ2) is 12.8. The summed E-state index contributed by atoms with van der Waals surface area (Å²) in [6.45, 7) is 7.98. The van der Waals surface area contributed by atoms with E-state index in [-0.39, 0.29) is 23.5 Å². The smallest absolute Gasteiger partial charge is 0.262 e. The van der Waals surface area contributed by atoms with Gasteiger partial charge in [-0.2, -0.15) is 0 Å². The number of aromatic hydroxyl groups is 1. The molecular weight excluding hydrogens is 478 g/mol. The molecule has 38 heavy (non-hydrogen) atoms. The summed E-state index contributed by atoms with van der Waals surface area (Å²) in [4.78, 5) is 42.6. The molecule has 2 amide bonds. The number of rotatable bonds is 12. The molecule has 2 N–H and O–H groups in total. The van der Waals surface area contributed by atoms with Gasteiger partial charge in [-0.3, -0.25) is 19.0 Å². The first-order valence-corrected chi connectivity index (χ1v) is 13.7. The number of amides is 2. The number of likely N-dealkylation sites (N-methyl/N-ethyl adjacent to an activating group) is 1. The van der Waals surface area contributed by atoms with E-state index in [1.807, 2.05) is 25.1 Å². The molecule has 0 spiro atoms. The zero-order valence-corrected chi connectivity index (χ0v) is 23.3. The number of carbonyl (C=O) groups is 3. The van der Waals surface area contributed by atoms with E-state index in [9.17, 15) is 19.5 Å². The lowest BCUT2D eigenvalue weighted by molar-refractivity contribution is -0.141. The van der Waals surface area contributed by atoms with Gasteiger partial charge in [0.05, 0.1) is 5.52 Å². The van der Waals surface area contributed by atoms with Crippen LogP contribution in [0.5, 0.6) is 5.75 Å². The maximum absolute atomic E-state index is 14.4. The van der Waals surface area contributed by atoms with Crippen molar-refractivity contribution in [3.05, 3.63) is 65.4 Å². The van der Waals surface area contributed by atoms with Gasteiger partial charge in [-0.25, -0.2) is 0 Å². The van der Waals surface area contributed by atoms with Crippen molar-refractivity contribution in [2.24, 2.45) is 0 Å². The van der Waals surface area contributed by atoms with E-state index in [1.54, 1.807) is 40.8 Å². The molecule has 0 fully saturated rings. The minimum atomic E-state index is -1.39. The largest absolute Gasteiger partial charge is 0.508 e. The minimum Gasteiger partial charge on any atom is -0.508 e. The summed E-state index contributed by atoms with van der Waals surface area (Å²) in [7, 11) is 1.77. The highest BCUT2D eigenvalue weighted by molar-refractivity contribution is 6.06. The first kappa shape index (κ1) is 29.0. The number of unbranched alkanes of at least 4 members (excludes halogenated alkanes) is 4. The van der Waals surface area contributed by atoms with Gasteiger partial charge in [0, 0.05) is 42.7 Å². The summed E-state index contributed by atoms with van der Waals surface area (Å²) in [5.74, 6) is -0.750. The van der Waals surface area contributed by atoms with Crippen LogP contribution in [0.25, 0.3) is 10.9 Å². The fraction of sp³-hybridized carbons (Fsp3) is 0.452. The van der Waals surface area contributed by atoms with Crippen molar-refractivity contribution in [1.29, 1.82) is 0 Å². The van der Waals surface area contributed by atoms with Gasteiger partial charge in [-0.15, -0.1) is 0 Å². The van der Waals surface area contributed by atoms with E-state index in [0.717, 1.165) is 38.5 Å². The molecule has 1 aromatic heterocycles. The van der Waals surface area contributed by atoms with Crippen molar-refractivity contribution in [2.45, 2.75) is 78.2 Å². The van der Waals surface area contributed by atoms with Crippen LogP contribution in [0.3, 0.4) is 0 Å². The highest BCUT2D eigenvalue weighted by atomic mass is 16.3. The molecule has 7 nitrogen and oxygen atoms in total. The first-order valence-electron chi connectivity index (χ1n) is 13.7. The van der Waals surface area contributed by atoms with Crippen LogP contribution in [0.2, 0.25) is 0 Å². The van der Waals surface area contributed by atoms with Gasteiger partial charge in [-0.05, 0) is 50.1 Å². The summed E-state index contributed by atoms with van der Waals surface area (Å²) in [5, 5.41) is 14.1. The maximum atomic E-state index is 14.4. The lowest BCUT2D eigenvalue weighted by Gasteiger charge is -2.37. The summed E-state index contributed by atoms with van der Waals surface area (Å²) >= 11 is 0. The fourth-order valence-corrected chi connectivity index (χ4v) is 5.37. The van der Waals surface area contributed by atoms with Gasteiger partial charge in [0.2, 0.25) is 5.91 Å². The van der Waals surface area contributed by atoms with Crippen molar-refractivity contribution >= 4 is 28.6 Å². The Balaban J connectivity index is 2.34. The average molecular weight is 520 g/mol. The van der Waals surface area contributed by atoms with E-state index < -0.39 is 5.54 Å². The van der Waals surface area contributed by atoms with Crippen molar-refractivity contribution in [1.82, 2.24) is 14.8 Å². The molecule has 0 bridgehead atoms. The lowest BCUT2D eigenvalue weighted by Crippen LogP contribution is -2.56. The zero-order valence-electron chi connectivity index (χ0n) is 23.3. The minimum absolute atomic E-state index is 0.0255. The topological polar surface area (TPSA) is 91.6 Å². The summed E-state index contributed by atoms with van der Waals surface area (Å²) in [6, 6.07) is 13.8. The molecule has 204 valence electrons. The molecule has 3 aromatic rings. The Hall–Kier alpha value is -3.61. The summed E-state index contributed by atoms with van der Waals surface area (Å²) in [6.07, 6.45) is 5.84. The Bertz CT molecular complexity index is 1280. The number of carbonyl (C=O) groups excluding carboxylic acids is 3. The second-order valence-electron chi connectivity index (χ2n) is 10.1. The van der Waals surface area contributed by atoms with Crippen LogP contribution in [0.4, 0.5) is 0 Å². The third kappa shape index (κ3) is 5.93. The lowest BCUT2D eigenvalue weighted by atomic mass is 9.81. The van der Waals surface area contributed by atoms with Gasteiger partial charge in [0.1, 0.15) is 11.3 Å². The molecule has 7 heteroatoms. The van der Waals surface area contributed by atoms with E-state index in [0.29, 0.717) is 40.7 Å². The molecule has 0 saturated heterocycles. The maximum Gasteiger partial charge on any atom is 0.262 e. The first-order chi connectivity index (χ1) is 18.2. The number of hydrogen-bond donors (Lipinski definition) is 2. The second-order valence-corrected chi connectivity index (χ2v) is 10.1. The van der Waals surface area contributed by atoms with Crippen molar-refractivity contribution in [3.8, 4) is 5.75 Å². The number of nitrogens with one attached hydrogen (secondary N) is 1. The van der Waals surface area contributed by atoms with Crippen LogP contribution >= 0.6 is 0 Å². The molecule has 0 saturated carbocycles. The predicted molar refractivity (Wildman–Crippen MR) is 151 cm³/mol. The van der Waals surface area contributed by atoms with Crippen LogP contribution in [-0.4, -0.2) is 45.9 Å². The third-order valence-electron chi connectivity index (χ3n) is 7.19. The van der Waals surface area contributed by atoms with E-state index in [2.05, 4.69) is 19.2 Å². The fourth-order valence-electron chi connectivity index (χ4n) is 5.37. The molecule has 0 radical (unpaired) electrons. The van der Waals surface area contributed by atoms with Gasteiger partial charge in [0.15, 0.2) is 0 Å². The quantitative estimate of drug-likeness (QED) is 0.291. The SMILES string of the molecule is CCCCCCC(NC(C)=O)(C(=O)N(C)CCCC)c1c(C)n(C(=O)c2ccccc2)c2ccc(O)cc12. The standard InChI is InChI=1S/C31H41N3O4/c1-6-8-10-14-19-31(32-23(4)35,30(38)33(5)20-9-7-2)28-22(3)34(27-18-17-25(36)21-26(27)28)29(37)24-15-12-11-13-16-24/h11-13,15-18,21,36H,6-10,14,19-20H2,1-5H3,(H,32,35). The van der Waals surface area contributed by atoms with Crippen molar-refractivity contribution < 1.29 is 19.5 Å². The zero-order chi connectivity index (χ0) is 27.9.